The fraction of sp³-hybridized carbons (Fsp3) is 0.241. The third-order valence-corrected chi connectivity index (χ3v) is 5.93. The Morgan fingerprint density at radius 1 is 0.839 bits per heavy atom. The van der Waals surface area contributed by atoms with Gasteiger partial charge in [-0.25, -0.2) is 0 Å². The van der Waals surface area contributed by atoms with Gasteiger partial charge in [-0.3, -0.25) is 0 Å². The highest BCUT2D eigenvalue weighted by Crippen LogP contribution is 2.45. The van der Waals surface area contributed by atoms with Crippen molar-refractivity contribution in [3.63, 3.8) is 0 Å². The molecule has 0 radical (unpaired) electrons. The van der Waals surface area contributed by atoms with Crippen molar-refractivity contribution in [2.75, 3.05) is 5.32 Å². The number of benzene rings is 4. The number of hydrogen-bond acceptors (Lipinski definition) is 2. The topological polar surface area (TPSA) is 32.3 Å². The Hall–Kier alpha value is -3.26. The fourth-order valence-corrected chi connectivity index (χ4v) is 4.28. The van der Waals surface area contributed by atoms with Gasteiger partial charge < -0.3 is 10.4 Å². The van der Waals surface area contributed by atoms with Crippen molar-refractivity contribution in [3.8, 4) is 16.9 Å². The highest BCUT2D eigenvalue weighted by Gasteiger charge is 2.23. The highest BCUT2D eigenvalue weighted by atomic mass is 16.3. The molecule has 0 saturated heterocycles. The molecule has 31 heavy (non-hydrogen) atoms. The molecule has 4 aromatic rings. The molecule has 0 heterocycles. The molecule has 0 bridgehead atoms. The molecular weight excluding hydrogens is 378 g/mol. The van der Waals surface area contributed by atoms with Gasteiger partial charge in [-0.1, -0.05) is 87.5 Å². The van der Waals surface area contributed by atoms with Gasteiger partial charge in [0, 0.05) is 28.4 Å². The molecule has 2 heteroatoms. The monoisotopic (exact) mass is 409 g/mol. The van der Waals surface area contributed by atoms with Crippen molar-refractivity contribution in [2.24, 2.45) is 0 Å². The van der Waals surface area contributed by atoms with E-state index < -0.39 is 0 Å². The first-order valence-corrected chi connectivity index (χ1v) is 10.9. The van der Waals surface area contributed by atoms with Gasteiger partial charge in [0.2, 0.25) is 0 Å². The predicted octanol–water partition coefficient (Wildman–Crippen LogP) is 7.99. The van der Waals surface area contributed by atoms with E-state index in [0.717, 1.165) is 38.7 Å². The van der Waals surface area contributed by atoms with Gasteiger partial charge in [0.1, 0.15) is 5.75 Å². The van der Waals surface area contributed by atoms with Crippen molar-refractivity contribution in [1.29, 1.82) is 0 Å². The van der Waals surface area contributed by atoms with Crippen LogP contribution in [0.5, 0.6) is 5.75 Å². The molecule has 2 N–H and O–H groups in total. The Labute approximate surface area is 185 Å². The quantitative estimate of drug-likeness (QED) is 0.358. The standard InChI is InChI=1S/C29H31NO/c1-19-17-24(28(31)25(18-19)29(3,4)5)27-23-14-10-9-13-22(23)15-16-26(27)30-20(2)21-11-7-6-8-12-21/h6-18,20,30-31H,1-5H3/t20-/m0/s1. The largest absolute Gasteiger partial charge is 0.507 e. The number of anilines is 1. The molecule has 0 spiro atoms. The van der Waals surface area contributed by atoms with Crippen LogP contribution in [0.4, 0.5) is 5.69 Å². The average molecular weight is 410 g/mol. The SMILES string of the molecule is Cc1cc(-c2c(N[C@@H](C)c3ccccc3)ccc3ccccc23)c(O)c(C(C)(C)C)c1. The van der Waals surface area contributed by atoms with Crippen molar-refractivity contribution in [2.45, 2.75) is 46.1 Å². The van der Waals surface area contributed by atoms with E-state index in [0.29, 0.717) is 5.75 Å². The Balaban J connectivity index is 1.95. The molecule has 0 aliphatic heterocycles. The summed E-state index contributed by atoms with van der Waals surface area (Å²) in [4.78, 5) is 0. The van der Waals surface area contributed by atoms with Crippen LogP contribution in [0.25, 0.3) is 21.9 Å². The van der Waals surface area contributed by atoms with Crippen LogP contribution in [0.1, 0.15) is 50.4 Å². The lowest BCUT2D eigenvalue weighted by atomic mass is 9.82. The predicted molar refractivity (Wildman–Crippen MR) is 133 cm³/mol. The zero-order valence-corrected chi connectivity index (χ0v) is 19.0. The first kappa shape index (κ1) is 21.0. The first-order valence-electron chi connectivity index (χ1n) is 10.9. The molecule has 1 atom stereocenters. The molecule has 4 aromatic carbocycles. The maximum absolute atomic E-state index is 11.4. The van der Waals surface area contributed by atoms with Gasteiger partial charge in [-0.05, 0) is 53.3 Å². The van der Waals surface area contributed by atoms with Gasteiger partial charge in [-0.15, -0.1) is 0 Å². The molecule has 0 aromatic heterocycles. The summed E-state index contributed by atoms with van der Waals surface area (Å²) in [7, 11) is 0. The zero-order valence-electron chi connectivity index (χ0n) is 19.0. The molecule has 0 aliphatic carbocycles. The normalized spacial score (nSPS) is 12.7. The number of nitrogens with one attached hydrogen (secondary N) is 1. The van der Waals surface area contributed by atoms with Crippen LogP contribution >= 0.6 is 0 Å². The van der Waals surface area contributed by atoms with Crippen LogP contribution in [-0.2, 0) is 5.41 Å². The summed E-state index contributed by atoms with van der Waals surface area (Å²) in [5, 5.41) is 17.4. The van der Waals surface area contributed by atoms with Crippen LogP contribution in [0, 0.1) is 6.92 Å². The second kappa shape index (κ2) is 8.11. The molecule has 0 saturated carbocycles. The summed E-state index contributed by atoms with van der Waals surface area (Å²) in [5.74, 6) is 0.366. The van der Waals surface area contributed by atoms with Gasteiger partial charge in [0.05, 0.1) is 0 Å². The zero-order chi connectivity index (χ0) is 22.2. The molecule has 0 fully saturated rings. The van der Waals surface area contributed by atoms with E-state index in [2.05, 4.69) is 113 Å². The maximum atomic E-state index is 11.4. The molecular formula is C29H31NO. The minimum Gasteiger partial charge on any atom is -0.507 e. The summed E-state index contributed by atoms with van der Waals surface area (Å²) < 4.78 is 0. The minimum absolute atomic E-state index is 0.134. The molecule has 2 nitrogen and oxygen atoms in total. The number of fused-ring (bicyclic) bond motifs is 1. The van der Waals surface area contributed by atoms with Gasteiger partial charge in [0.25, 0.3) is 0 Å². The summed E-state index contributed by atoms with van der Waals surface area (Å²) in [6.45, 7) is 10.7. The third-order valence-electron chi connectivity index (χ3n) is 5.93. The van der Waals surface area contributed by atoms with E-state index >= 15 is 0 Å². The van der Waals surface area contributed by atoms with E-state index in [-0.39, 0.29) is 11.5 Å². The third kappa shape index (κ3) is 4.16. The fourth-order valence-electron chi connectivity index (χ4n) is 4.28. The average Bonchev–Trinajstić information content (AvgIpc) is 2.75. The second-order valence-corrected chi connectivity index (χ2v) is 9.44. The summed E-state index contributed by atoms with van der Waals surface area (Å²) in [6, 6.07) is 27.5. The lowest BCUT2D eigenvalue weighted by Crippen LogP contribution is -2.12. The van der Waals surface area contributed by atoms with Gasteiger partial charge >= 0.3 is 0 Å². The van der Waals surface area contributed by atoms with Gasteiger partial charge in [-0.2, -0.15) is 0 Å². The van der Waals surface area contributed by atoms with Crippen molar-refractivity contribution in [1.82, 2.24) is 0 Å². The number of aryl methyl sites for hydroxylation is 1. The summed E-state index contributed by atoms with van der Waals surface area (Å²) in [6.07, 6.45) is 0. The summed E-state index contributed by atoms with van der Waals surface area (Å²) in [5.41, 5.74) is 6.14. The van der Waals surface area contributed by atoms with E-state index in [1.807, 2.05) is 6.07 Å². The van der Waals surface area contributed by atoms with Crippen molar-refractivity contribution >= 4 is 16.5 Å². The van der Waals surface area contributed by atoms with E-state index in [1.54, 1.807) is 0 Å². The number of rotatable bonds is 4. The van der Waals surface area contributed by atoms with E-state index in [9.17, 15) is 5.11 Å². The summed E-state index contributed by atoms with van der Waals surface area (Å²) >= 11 is 0. The number of phenolic OH excluding ortho intramolecular Hbond substituents is 1. The lowest BCUT2D eigenvalue weighted by molar-refractivity contribution is 0.448. The molecule has 158 valence electrons. The number of aromatic hydroxyl groups is 1. The van der Waals surface area contributed by atoms with Crippen molar-refractivity contribution in [3.05, 3.63) is 95.6 Å². The number of hydrogen-bond donors (Lipinski definition) is 2. The highest BCUT2D eigenvalue weighted by molar-refractivity contribution is 6.04. The lowest BCUT2D eigenvalue weighted by Gasteiger charge is -2.25. The molecule has 0 aliphatic rings. The number of phenols is 1. The Kier molecular flexibility index (Phi) is 5.49. The van der Waals surface area contributed by atoms with Crippen LogP contribution < -0.4 is 5.32 Å². The van der Waals surface area contributed by atoms with Crippen LogP contribution in [0.2, 0.25) is 0 Å². The Morgan fingerprint density at radius 2 is 1.52 bits per heavy atom. The van der Waals surface area contributed by atoms with E-state index in [4.69, 9.17) is 0 Å². The van der Waals surface area contributed by atoms with Crippen LogP contribution in [-0.4, -0.2) is 5.11 Å². The Morgan fingerprint density at radius 3 is 2.23 bits per heavy atom. The molecule has 0 amide bonds. The van der Waals surface area contributed by atoms with E-state index in [1.165, 1.54) is 5.56 Å². The van der Waals surface area contributed by atoms with Gasteiger partial charge in [0.15, 0.2) is 0 Å². The maximum Gasteiger partial charge on any atom is 0.127 e. The minimum atomic E-state index is -0.152. The molecule has 4 rings (SSSR count). The first-order chi connectivity index (χ1) is 14.8. The van der Waals surface area contributed by atoms with Crippen LogP contribution in [0.15, 0.2) is 78.9 Å². The smallest absolute Gasteiger partial charge is 0.127 e. The second-order valence-electron chi connectivity index (χ2n) is 9.44. The molecule has 0 unspecified atom stereocenters. The van der Waals surface area contributed by atoms with Crippen LogP contribution in [0.3, 0.4) is 0 Å². The Bertz CT molecular complexity index is 1220. The van der Waals surface area contributed by atoms with Crippen molar-refractivity contribution < 1.29 is 5.11 Å².